The van der Waals surface area contributed by atoms with Crippen molar-refractivity contribution in [3.8, 4) is 0 Å². The van der Waals surface area contributed by atoms with Crippen LogP contribution in [0.1, 0.15) is 44.3 Å². The van der Waals surface area contributed by atoms with Crippen molar-refractivity contribution in [1.82, 2.24) is 0 Å². The second kappa shape index (κ2) is 6.10. The first kappa shape index (κ1) is 13.5. The highest BCUT2D eigenvalue weighted by Gasteiger charge is 2.10. The van der Waals surface area contributed by atoms with Crippen LogP contribution in [0.2, 0.25) is 0 Å². The summed E-state index contributed by atoms with van der Waals surface area (Å²) in [6.07, 6.45) is 2.16. The van der Waals surface area contributed by atoms with Crippen molar-refractivity contribution in [3.63, 3.8) is 0 Å². The zero-order valence-corrected chi connectivity index (χ0v) is 9.93. The molecule has 0 saturated carbocycles. The lowest BCUT2D eigenvalue weighted by atomic mass is 10.0. The van der Waals surface area contributed by atoms with Gasteiger partial charge in [0.2, 0.25) is 0 Å². The topological polar surface area (TPSA) is 39.2 Å². The summed E-state index contributed by atoms with van der Waals surface area (Å²) in [4.78, 5) is 0. The molecule has 0 radical (unpaired) electrons. The molecule has 0 amide bonds. The van der Waals surface area contributed by atoms with E-state index in [4.69, 9.17) is 10.2 Å². The minimum atomic E-state index is 0. The van der Waals surface area contributed by atoms with Gasteiger partial charge in [0.15, 0.2) is 0 Å². The fourth-order valence-electron chi connectivity index (χ4n) is 1.31. The van der Waals surface area contributed by atoms with Gasteiger partial charge >= 0.3 is 0 Å². The van der Waals surface area contributed by atoms with Gasteiger partial charge < -0.3 is 10.2 Å². The zero-order chi connectivity index (χ0) is 9.84. The van der Waals surface area contributed by atoms with Crippen LogP contribution in [0.3, 0.4) is 0 Å². The summed E-state index contributed by atoms with van der Waals surface area (Å²) >= 11 is 0. The molecule has 1 atom stereocenters. The molecule has 0 bridgehead atoms. The van der Waals surface area contributed by atoms with E-state index >= 15 is 0 Å². The minimum Gasteiger partial charge on any atom is -0.465 e. The van der Waals surface area contributed by atoms with Gasteiger partial charge in [-0.3, -0.25) is 0 Å². The third-order valence-electron chi connectivity index (χ3n) is 2.18. The third kappa shape index (κ3) is 4.16. The number of furan rings is 1. The molecule has 0 aliphatic rings. The van der Waals surface area contributed by atoms with Gasteiger partial charge in [0.05, 0.1) is 6.04 Å². The van der Waals surface area contributed by atoms with Crippen molar-refractivity contribution in [3.05, 3.63) is 23.7 Å². The highest BCUT2D eigenvalue weighted by Crippen LogP contribution is 2.20. The number of halogens is 1. The van der Waals surface area contributed by atoms with Gasteiger partial charge in [-0.05, 0) is 37.8 Å². The van der Waals surface area contributed by atoms with Crippen molar-refractivity contribution in [1.29, 1.82) is 0 Å². The molecule has 1 rings (SSSR count). The van der Waals surface area contributed by atoms with E-state index in [9.17, 15) is 0 Å². The number of nitrogens with two attached hydrogens (primary N) is 1. The molecule has 0 fully saturated rings. The van der Waals surface area contributed by atoms with Crippen molar-refractivity contribution >= 4 is 12.4 Å². The van der Waals surface area contributed by atoms with Crippen molar-refractivity contribution < 1.29 is 4.42 Å². The summed E-state index contributed by atoms with van der Waals surface area (Å²) < 4.78 is 5.45. The Morgan fingerprint density at radius 1 is 1.29 bits per heavy atom. The van der Waals surface area contributed by atoms with Crippen LogP contribution in [0.15, 0.2) is 16.5 Å². The largest absolute Gasteiger partial charge is 0.465 e. The highest BCUT2D eigenvalue weighted by molar-refractivity contribution is 5.85. The molecular formula is C11H20ClNO. The van der Waals surface area contributed by atoms with Crippen molar-refractivity contribution in [2.75, 3.05) is 0 Å². The maximum absolute atomic E-state index is 5.96. The molecule has 1 aromatic rings. The Hall–Kier alpha value is -0.470. The molecular weight excluding hydrogens is 198 g/mol. The molecule has 1 heterocycles. The van der Waals surface area contributed by atoms with Gasteiger partial charge in [-0.25, -0.2) is 0 Å². The van der Waals surface area contributed by atoms with Gasteiger partial charge in [0.25, 0.3) is 0 Å². The Kier molecular flexibility index (Phi) is 5.89. The minimum absolute atomic E-state index is 0. The van der Waals surface area contributed by atoms with E-state index in [-0.39, 0.29) is 18.4 Å². The van der Waals surface area contributed by atoms with Gasteiger partial charge in [-0.1, -0.05) is 13.8 Å². The molecule has 0 spiro atoms. The summed E-state index contributed by atoms with van der Waals surface area (Å²) in [6.45, 7) is 6.36. The summed E-state index contributed by atoms with van der Waals surface area (Å²) in [5.74, 6) is 2.57. The standard InChI is InChI=1S/C11H19NO.ClH/c1-8(2)4-6-10(12)11-7-5-9(3)13-11;/h5,7-8,10H,4,6,12H2,1-3H3;1H/t10-;/m0./s1. The number of rotatable bonds is 4. The smallest absolute Gasteiger partial charge is 0.120 e. The van der Waals surface area contributed by atoms with Crippen LogP contribution in [0.25, 0.3) is 0 Å². The maximum Gasteiger partial charge on any atom is 0.120 e. The first-order valence-electron chi connectivity index (χ1n) is 4.91. The van der Waals surface area contributed by atoms with Gasteiger partial charge in [-0.15, -0.1) is 12.4 Å². The molecule has 82 valence electrons. The molecule has 0 saturated heterocycles. The van der Waals surface area contributed by atoms with Crippen LogP contribution in [0.5, 0.6) is 0 Å². The molecule has 0 unspecified atom stereocenters. The first-order chi connectivity index (χ1) is 6.09. The molecule has 0 aromatic carbocycles. The quantitative estimate of drug-likeness (QED) is 0.839. The molecule has 1 aromatic heterocycles. The monoisotopic (exact) mass is 217 g/mol. The zero-order valence-electron chi connectivity index (χ0n) is 9.12. The Morgan fingerprint density at radius 2 is 1.93 bits per heavy atom. The Bertz CT molecular complexity index is 258. The van der Waals surface area contributed by atoms with Gasteiger partial charge in [0.1, 0.15) is 11.5 Å². The van der Waals surface area contributed by atoms with Crippen LogP contribution in [-0.4, -0.2) is 0 Å². The lowest BCUT2D eigenvalue weighted by Gasteiger charge is -2.10. The Labute approximate surface area is 92.3 Å². The molecule has 2 N–H and O–H groups in total. The van der Waals surface area contributed by atoms with Gasteiger partial charge in [-0.2, -0.15) is 0 Å². The van der Waals surface area contributed by atoms with E-state index in [1.165, 1.54) is 0 Å². The predicted molar refractivity (Wildman–Crippen MR) is 61.7 cm³/mol. The van der Waals surface area contributed by atoms with Crippen molar-refractivity contribution in [2.24, 2.45) is 11.7 Å². The summed E-state index contributed by atoms with van der Waals surface area (Å²) in [5, 5.41) is 0. The number of aryl methyl sites for hydroxylation is 1. The Morgan fingerprint density at radius 3 is 2.36 bits per heavy atom. The average molecular weight is 218 g/mol. The maximum atomic E-state index is 5.96. The lowest BCUT2D eigenvalue weighted by molar-refractivity contribution is 0.412. The van der Waals surface area contributed by atoms with Crippen LogP contribution in [0.4, 0.5) is 0 Å². The number of hydrogen-bond donors (Lipinski definition) is 1. The fourth-order valence-corrected chi connectivity index (χ4v) is 1.31. The second-order valence-electron chi connectivity index (χ2n) is 4.03. The molecule has 14 heavy (non-hydrogen) atoms. The van der Waals surface area contributed by atoms with E-state index in [0.717, 1.165) is 24.4 Å². The Balaban J connectivity index is 0.00000169. The molecule has 0 aliphatic carbocycles. The SMILES string of the molecule is Cc1ccc([C@@H](N)CCC(C)C)o1.Cl. The van der Waals surface area contributed by atoms with E-state index in [1.54, 1.807) is 0 Å². The highest BCUT2D eigenvalue weighted by atomic mass is 35.5. The summed E-state index contributed by atoms with van der Waals surface area (Å²) in [6, 6.07) is 4.00. The third-order valence-corrected chi connectivity index (χ3v) is 2.18. The fraction of sp³-hybridized carbons (Fsp3) is 0.636. The van der Waals surface area contributed by atoms with Crippen LogP contribution >= 0.6 is 12.4 Å². The normalized spacial score (nSPS) is 12.6. The van der Waals surface area contributed by atoms with Crippen molar-refractivity contribution in [2.45, 2.75) is 39.7 Å². The predicted octanol–water partition coefficient (Wildman–Crippen LogP) is 3.45. The van der Waals surface area contributed by atoms with Crippen LogP contribution < -0.4 is 5.73 Å². The summed E-state index contributed by atoms with van der Waals surface area (Å²) in [5.41, 5.74) is 5.96. The average Bonchev–Trinajstić information content (AvgIpc) is 2.47. The molecule has 0 aliphatic heterocycles. The van der Waals surface area contributed by atoms with E-state index in [2.05, 4.69) is 13.8 Å². The van der Waals surface area contributed by atoms with Crippen LogP contribution in [0, 0.1) is 12.8 Å². The lowest BCUT2D eigenvalue weighted by Crippen LogP contribution is -2.10. The van der Waals surface area contributed by atoms with Crippen LogP contribution in [-0.2, 0) is 0 Å². The molecule has 2 nitrogen and oxygen atoms in total. The van der Waals surface area contributed by atoms with E-state index in [1.807, 2.05) is 19.1 Å². The van der Waals surface area contributed by atoms with E-state index in [0.29, 0.717) is 5.92 Å². The first-order valence-corrected chi connectivity index (χ1v) is 4.91. The van der Waals surface area contributed by atoms with E-state index < -0.39 is 0 Å². The molecule has 3 heteroatoms. The van der Waals surface area contributed by atoms with Gasteiger partial charge in [0, 0.05) is 0 Å². The second-order valence-corrected chi connectivity index (χ2v) is 4.03. The number of hydrogen-bond acceptors (Lipinski definition) is 2. The summed E-state index contributed by atoms with van der Waals surface area (Å²) in [7, 11) is 0.